The van der Waals surface area contributed by atoms with Gasteiger partial charge in [0.05, 0.1) is 35.4 Å². The minimum atomic E-state index is -0.0353. The van der Waals surface area contributed by atoms with Crippen molar-refractivity contribution in [1.82, 2.24) is 4.90 Å². The van der Waals surface area contributed by atoms with Gasteiger partial charge in [0.2, 0.25) is 0 Å². The summed E-state index contributed by atoms with van der Waals surface area (Å²) >= 11 is 11.8. The van der Waals surface area contributed by atoms with E-state index in [1.54, 1.807) is 6.07 Å². The number of hydrogen-bond acceptors (Lipinski definition) is 3. The highest BCUT2D eigenvalue weighted by Gasteiger charge is 2.22. The van der Waals surface area contributed by atoms with Gasteiger partial charge in [-0.15, -0.1) is 0 Å². The maximum absolute atomic E-state index is 8.68. The number of morpholine rings is 1. The smallest absolute Gasteiger partial charge is 0.0953 e. The molecule has 0 radical (unpaired) electrons. The van der Waals surface area contributed by atoms with E-state index in [1.165, 1.54) is 0 Å². The molecule has 5 heteroatoms. The summed E-state index contributed by atoms with van der Waals surface area (Å²) in [6.45, 7) is 2.57. The van der Waals surface area contributed by atoms with E-state index in [9.17, 15) is 0 Å². The van der Waals surface area contributed by atoms with Crippen molar-refractivity contribution in [3.63, 3.8) is 0 Å². The molecular formula is C12H12Cl2N2O. The third kappa shape index (κ3) is 3.11. The number of hydrogen-bond donors (Lipinski definition) is 0. The molecule has 1 aromatic rings. The molecule has 1 aliphatic rings. The summed E-state index contributed by atoms with van der Waals surface area (Å²) in [5, 5.41) is 9.76. The lowest BCUT2D eigenvalue weighted by molar-refractivity contribution is -0.0255. The van der Waals surface area contributed by atoms with Gasteiger partial charge < -0.3 is 4.74 Å². The van der Waals surface area contributed by atoms with Gasteiger partial charge in [-0.3, -0.25) is 4.90 Å². The van der Waals surface area contributed by atoms with Crippen LogP contribution >= 0.6 is 23.2 Å². The fourth-order valence-corrected chi connectivity index (χ4v) is 2.17. The van der Waals surface area contributed by atoms with Gasteiger partial charge >= 0.3 is 0 Å². The van der Waals surface area contributed by atoms with Crippen molar-refractivity contribution < 1.29 is 4.74 Å². The Balaban J connectivity index is 2.11. The van der Waals surface area contributed by atoms with Crippen LogP contribution in [0.2, 0.25) is 10.0 Å². The second-order valence-electron chi connectivity index (χ2n) is 3.93. The highest BCUT2D eigenvalue weighted by molar-refractivity contribution is 6.42. The Hall–Kier alpha value is -0.790. The minimum absolute atomic E-state index is 0.0353. The highest BCUT2D eigenvalue weighted by atomic mass is 35.5. The predicted molar refractivity (Wildman–Crippen MR) is 67.2 cm³/mol. The fourth-order valence-electron chi connectivity index (χ4n) is 1.86. The zero-order valence-corrected chi connectivity index (χ0v) is 10.7. The van der Waals surface area contributed by atoms with Crippen molar-refractivity contribution in [2.24, 2.45) is 0 Å². The zero-order valence-electron chi connectivity index (χ0n) is 9.20. The van der Waals surface area contributed by atoms with E-state index in [0.717, 1.165) is 12.1 Å². The number of halogens is 2. The fraction of sp³-hybridized carbons (Fsp3) is 0.417. The summed E-state index contributed by atoms with van der Waals surface area (Å²) in [6.07, 6.45) is -0.0353. The van der Waals surface area contributed by atoms with Crippen molar-refractivity contribution in [3.05, 3.63) is 33.8 Å². The van der Waals surface area contributed by atoms with E-state index in [0.29, 0.717) is 29.7 Å². The van der Waals surface area contributed by atoms with Crippen molar-refractivity contribution in [3.8, 4) is 6.07 Å². The zero-order chi connectivity index (χ0) is 12.3. The molecule has 0 spiro atoms. The molecule has 1 aliphatic heterocycles. The summed E-state index contributed by atoms with van der Waals surface area (Å²) in [4.78, 5) is 2.07. The van der Waals surface area contributed by atoms with Crippen molar-refractivity contribution in [2.75, 3.05) is 26.2 Å². The molecule has 0 N–H and O–H groups in total. The van der Waals surface area contributed by atoms with Gasteiger partial charge in [-0.1, -0.05) is 29.3 Å². The third-order valence-electron chi connectivity index (χ3n) is 2.76. The van der Waals surface area contributed by atoms with Crippen LogP contribution in [0.3, 0.4) is 0 Å². The summed E-state index contributed by atoms with van der Waals surface area (Å²) in [5.41, 5.74) is 1.00. The standard InChI is InChI=1S/C12H12Cl2N2O/c13-10-2-1-9(7-11(10)14)12-8-16(4-3-15)5-6-17-12/h1-2,7,12H,4-6,8H2/t12-/m1/s1. The Bertz CT molecular complexity index is 445. The summed E-state index contributed by atoms with van der Waals surface area (Å²) in [7, 11) is 0. The normalized spacial score (nSPS) is 21.1. The van der Waals surface area contributed by atoms with Gasteiger partial charge in [0.25, 0.3) is 0 Å². The van der Waals surface area contributed by atoms with Crippen molar-refractivity contribution >= 4 is 23.2 Å². The van der Waals surface area contributed by atoms with Crippen LogP contribution in [0.5, 0.6) is 0 Å². The molecule has 1 saturated heterocycles. The molecule has 0 saturated carbocycles. The van der Waals surface area contributed by atoms with E-state index in [2.05, 4.69) is 11.0 Å². The van der Waals surface area contributed by atoms with Gasteiger partial charge in [0.1, 0.15) is 0 Å². The van der Waals surface area contributed by atoms with Crippen LogP contribution in [-0.4, -0.2) is 31.1 Å². The lowest BCUT2D eigenvalue weighted by Crippen LogP contribution is -2.38. The van der Waals surface area contributed by atoms with Crippen LogP contribution in [-0.2, 0) is 4.74 Å². The minimum Gasteiger partial charge on any atom is -0.371 e. The van der Waals surface area contributed by atoms with Crippen LogP contribution in [0.4, 0.5) is 0 Å². The molecule has 1 atom stereocenters. The number of nitrogens with zero attached hydrogens (tertiary/aromatic N) is 2. The largest absolute Gasteiger partial charge is 0.371 e. The maximum atomic E-state index is 8.68. The maximum Gasteiger partial charge on any atom is 0.0953 e. The van der Waals surface area contributed by atoms with E-state index in [1.807, 2.05) is 12.1 Å². The van der Waals surface area contributed by atoms with Crippen LogP contribution < -0.4 is 0 Å². The summed E-state index contributed by atoms with van der Waals surface area (Å²) in [5.74, 6) is 0. The Labute approximate surface area is 110 Å². The first-order valence-corrected chi connectivity index (χ1v) is 6.12. The molecular weight excluding hydrogens is 259 g/mol. The Morgan fingerprint density at radius 1 is 1.41 bits per heavy atom. The Morgan fingerprint density at radius 2 is 2.24 bits per heavy atom. The molecule has 0 bridgehead atoms. The lowest BCUT2D eigenvalue weighted by atomic mass is 10.1. The Morgan fingerprint density at radius 3 is 2.94 bits per heavy atom. The molecule has 17 heavy (non-hydrogen) atoms. The quantitative estimate of drug-likeness (QED) is 0.776. The number of nitriles is 1. The molecule has 0 amide bonds. The molecule has 0 aliphatic carbocycles. The molecule has 1 aromatic carbocycles. The first-order valence-electron chi connectivity index (χ1n) is 5.36. The van der Waals surface area contributed by atoms with Crippen LogP contribution in [0.15, 0.2) is 18.2 Å². The van der Waals surface area contributed by atoms with Gasteiger partial charge in [-0.25, -0.2) is 0 Å². The van der Waals surface area contributed by atoms with E-state index >= 15 is 0 Å². The number of rotatable bonds is 2. The van der Waals surface area contributed by atoms with Crippen molar-refractivity contribution in [1.29, 1.82) is 5.26 Å². The second kappa shape index (κ2) is 5.70. The molecule has 90 valence electrons. The SMILES string of the molecule is N#CCN1CCO[C@@H](c2ccc(Cl)c(Cl)c2)C1. The van der Waals surface area contributed by atoms with Crippen LogP contribution in [0.25, 0.3) is 0 Å². The van der Waals surface area contributed by atoms with Gasteiger partial charge in [0, 0.05) is 13.1 Å². The predicted octanol–water partition coefficient (Wildman–Crippen LogP) is 2.89. The third-order valence-corrected chi connectivity index (χ3v) is 3.50. The van der Waals surface area contributed by atoms with Gasteiger partial charge in [0.15, 0.2) is 0 Å². The molecule has 2 rings (SSSR count). The first kappa shape index (κ1) is 12.7. The van der Waals surface area contributed by atoms with Crippen molar-refractivity contribution in [2.45, 2.75) is 6.10 Å². The van der Waals surface area contributed by atoms with Crippen LogP contribution in [0.1, 0.15) is 11.7 Å². The second-order valence-corrected chi connectivity index (χ2v) is 4.74. The average Bonchev–Trinajstić information content (AvgIpc) is 2.33. The van der Waals surface area contributed by atoms with E-state index in [4.69, 9.17) is 33.2 Å². The van der Waals surface area contributed by atoms with E-state index in [-0.39, 0.29) is 6.10 Å². The average molecular weight is 271 g/mol. The monoisotopic (exact) mass is 270 g/mol. The molecule has 3 nitrogen and oxygen atoms in total. The molecule has 0 aromatic heterocycles. The number of ether oxygens (including phenoxy) is 1. The van der Waals surface area contributed by atoms with E-state index < -0.39 is 0 Å². The number of benzene rings is 1. The topological polar surface area (TPSA) is 36.3 Å². The molecule has 0 unspecified atom stereocenters. The summed E-state index contributed by atoms with van der Waals surface area (Å²) in [6, 6.07) is 7.66. The van der Waals surface area contributed by atoms with Gasteiger partial charge in [-0.2, -0.15) is 5.26 Å². The summed E-state index contributed by atoms with van der Waals surface area (Å²) < 4.78 is 5.68. The Kier molecular flexibility index (Phi) is 4.25. The molecule has 1 fully saturated rings. The first-order chi connectivity index (χ1) is 8.20. The molecule has 1 heterocycles. The highest BCUT2D eigenvalue weighted by Crippen LogP contribution is 2.28. The van der Waals surface area contributed by atoms with Gasteiger partial charge in [-0.05, 0) is 17.7 Å². The van der Waals surface area contributed by atoms with Crippen LogP contribution in [0, 0.1) is 11.3 Å². The lowest BCUT2D eigenvalue weighted by Gasteiger charge is -2.31.